The Bertz CT molecular complexity index is 526. The summed E-state index contributed by atoms with van der Waals surface area (Å²) in [6.45, 7) is 5.71. The van der Waals surface area contributed by atoms with Gasteiger partial charge >= 0.3 is 0 Å². The number of halogens is 1. The fourth-order valence-corrected chi connectivity index (χ4v) is 3.04. The number of ether oxygens (including phenoxy) is 1. The lowest BCUT2D eigenvalue weighted by atomic mass is 9.98. The highest BCUT2D eigenvalue weighted by molar-refractivity contribution is 7.89. The molecular formula is C12H18ClNO3S. The van der Waals surface area contributed by atoms with E-state index in [4.69, 9.17) is 21.5 Å². The van der Waals surface area contributed by atoms with Crippen molar-refractivity contribution in [1.29, 1.82) is 0 Å². The molecule has 6 heteroatoms. The fraction of sp³-hybridized carbons (Fsp3) is 0.500. The zero-order valence-electron chi connectivity index (χ0n) is 10.7. The Kier molecular flexibility index (Phi) is 4.64. The first-order chi connectivity index (χ1) is 8.09. The van der Waals surface area contributed by atoms with Crippen molar-refractivity contribution in [2.75, 3.05) is 12.4 Å². The standard InChI is InChI=1S/C12H18ClNO3S/c1-9-4-5-11(10(13)6-9)17-7-12(2,3)8-18(14,15)16/h4-6H,7-8H2,1-3H3,(H2,14,15,16). The summed E-state index contributed by atoms with van der Waals surface area (Å²) in [5.74, 6) is 0.411. The molecule has 0 fully saturated rings. The van der Waals surface area contributed by atoms with E-state index in [2.05, 4.69) is 0 Å². The SMILES string of the molecule is Cc1ccc(OCC(C)(C)CS(N)(=O)=O)c(Cl)c1. The second kappa shape index (κ2) is 5.47. The predicted molar refractivity (Wildman–Crippen MR) is 73.4 cm³/mol. The number of aryl methyl sites for hydroxylation is 1. The number of hydrogen-bond donors (Lipinski definition) is 1. The maximum atomic E-state index is 11.1. The van der Waals surface area contributed by atoms with E-state index in [-0.39, 0.29) is 12.4 Å². The molecule has 0 atom stereocenters. The lowest BCUT2D eigenvalue weighted by Gasteiger charge is -2.23. The first-order valence-electron chi connectivity index (χ1n) is 5.48. The van der Waals surface area contributed by atoms with E-state index in [9.17, 15) is 8.42 Å². The Hall–Kier alpha value is -0.780. The molecule has 0 aromatic heterocycles. The third kappa shape index (κ3) is 5.25. The van der Waals surface area contributed by atoms with E-state index < -0.39 is 15.4 Å². The van der Waals surface area contributed by atoms with Gasteiger partial charge in [-0.05, 0) is 24.6 Å². The second-order valence-corrected chi connectivity index (χ2v) is 7.22. The molecule has 1 rings (SSSR count). The van der Waals surface area contributed by atoms with Gasteiger partial charge in [0.15, 0.2) is 0 Å². The molecule has 18 heavy (non-hydrogen) atoms. The van der Waals surface area contributed by atoms with Crippen LogP contribution in [0, 0.1) is 12.3 Å². The van der Waals surface area contributed by atoms with Crippen molar-refractivity contribution in [2.45, 2.75) is 20.8 Å². The van der Waals surface area contributed by atoms with Gasteiger partial charge in [0.2, 0.25) is 10.0 Å². The topological polar surface area (TPSA) is 69.4 Å². The highest BCUT2D eigenvalue weighted by atomic mass is 35.5. The number of sulfonamides is 1. The van der Waals surface area contributed by atoms with Gasteiger partial charge in [-0.2, -0.15) is 0 Å². The smallest absolute Gasteiger partial charge is 0.209 e. The maximum Gasteiger partial charge on any atom is 0.209 e. The van der Waals surface area contributed by atoms with Crippen LogP contribution in [0.25, 0.3) is 0 Å². The molecule has 1 aromatic carbocycles. The van der Waals surface area contributed by atoms with Crippen molar-refractivity contribution in [1.82, 2.24) is 0 Å². The van der Waals surface area contributed by atoms with Gasteiger partial charge in [-0.3, -0.25) is 0 Å². The van der Waals surface area contributed by atoms with E-state index in [1.807, 2.05) is 13.0 Å². The van der Waals surface area contributed by atoms with Crippen molar-refractivity contribution in [3.05, 3.63) is 28.8 Å². The summed E-state index contributed by atoms with van der Waals surface area (Å²) in [4.78, 5) is 0. The van der Waals surface area contributed by atoms with Crippen LogP contribution in [0.3, 0.4) is 0 Å². The third-order valence-corrected chi connectivity index (χ3v) is 3.78. The number of benzene rings is 1. The van der Waals surface area contributed by atoms with Crippen LogP contribution >= 0.6 is 11.6 Å². The van der Waals surface area contributed by atoms with E-state index in [0.717, 1.165) is 5.56 Å². The van der Waals surface area contributed by atoms with Crippen LogP contribution in [0.4, 0.5) is 0 Å². The average Bonchev–Trinajstić information content (AvgIpc) is 2.12. The first-order valence-corrected chi connectivity index (χ1v) is 7.58. The van der Waals surface area contributed by atoms with E-state index >= 15 is 0 Å². The molecule has 0 bridgehead atoms. The Morgan fingerprint density at radius 3 is 2.50 bits per heavy atom. The lowest BCUT2D eigenvalue weighted by molar-refractivity contribution is 0.200. The lowest BCUT2D eigenvalue weighted by Crippen LogP contribution is -2.33. The van der Waals surface area contributed by atoms with Gasteiger partial charge in [-0.1, -0.05) is 31.5 Å². The summed E-state index contributed by atoms with van der Waals surface area (Å²) in [7, 11) is -3.52. The maximum absolute atomic E-state index is 11.1. The number of hydrogen-bond acceptors (Lipinski definition) is 3. The van der Waals surface area contributed by atoms with Gasteiger partial charge in [-0.15, -0.1) is 0 Å². The van der Waals surface area contributed by atoms with Gasteiger partial charge in [0.25, 0.3) is 0 Å². The van der Waals surface area contributed by atoms with Crippen molar-refractivity contribution < 1.29 is 13.2 Å². The second-order valence-electron chi connectivity index (χ2n) is 5.19. The molecule has 1 aromatic rings. The molecule has 2 N–H and O–H groups in total. The monoisotopic (exact) mass is 291 g/mol. The summed E-state index contributed by atoms with van der Waals surface area (Å²) >= 11 is 6.02. The molecule has 0 heterocycles. The van der Waals surface area contributed by atoms with Crippen LogP contribution in [-0.4, -0.2) is 20.8 Å². The van der Waals surface area contributed by atoms with E-state index in [1.54, 1.807) is 26.0 Å². The Morgan fingerprint density at radius 1 is 1.39 bits per heavy atom. The molecule has 0 aliphatic rings. The molecule has 0 radical (unpaired) electrons. The minimum Gasteiger partial charge on any atom is -0.491 e. The van der Waals surface area contributed by atoms with Crippen LogP contribution in [0.1, 0.15) is 19.4 Å². The Labute approximate surface area is 113 Å². The quantitative estimate of drug-likeness (QED) is 0.905. The summed E-state index contributed by atoms with van der Waals surface area (Å²) in [5, 5.41) is 5.55. The molecule has 0 amide bonds. The van der Waals surface area contributed by atoms with Crippen molar-refractivity contribution in [3.63, 3.8) is 0 Å². The highest BCUT2D eigenvalue weighted by Crippen LogP contribution is 2.27. The molecule has 4 nitrogen and oxygen atoms in total. The Balaban J connectivity index is 2.70. The molecule has 0 aliphatic heterocycles. The molecule has 0 aliphatic carbocycles. The number of rotatable bonds is 5. The average molecular weight is 292 g/mol. The van der Waals surface area contributed by atoms with Gasteiger partial charge in [0.05, 0.1) is 17.4 Å². The van der Waals surface area contributed by atoms with Crippen molar-refractivity contribution in [2.24, 2.45) is 10.6 Å². The summed E-state index contributed by atoms with van der Waals surface area (Å²) < 4.78 is 27.7. The van der Waals surface area contributed by atoms with Crippen molar-refractivity contribution >= 4 is 21.6 Å². The van der Waals surface area contributed by atoms with Crippen LogP contribution in [0.2, 0.25) is 5.02 Å². The van der Waals surface area contributed by atoms with Gasteiger partial charge in [0, 0.05) is 5.41 Å². The van der Waals surface area contributed by atoms with E-state index in [1.165, 1.54) is 0 Å². The van der Waals surface area contributed by atoms with Gasteiger partial charge in [0.1, 0.15) is 5.75 Å². The van der Waals surface area contributed by atoms with Gasteiger partial charge in [-0.25, -0.2) is 13.6 Å². The van der Waals surface area contributed by atoms with Crippen LogP contribution in [-0.2, 0) is 10.0 Å². The highest BCUT2D eigenvalue weighted by Gasteiger charge is 2.25. The van der Waals surface area contributed by atoms with Crippen LogP contribution in [0.15, 0.2) is 18.2 Å². The molecule has 0 saturated heterocycles. The number of nitrogens with two attached hydrogens (primary N) is 1. The Morgan fingerprint density at radius 2 is 2.00 bits per heavy atom. The molecule has 102 valence electrons. The molecule has 0 spiro atoms. The molecular weight excluding hydrogens is 274 g/mol. The summed E-state index contributed by atoms with van der Waals surface area (Å²) in [6, 6.07) is 5.45. The largest absolute Gasteiger partial charge is 0.491 e. The molecule has 0 unspecified atom stereocenters. The van der Waals surface area contributed by atoms with Gasteiger partial charge < -0.3 is 4.74 Å². The first kappa shape index (κ1) is 15.3. The van der Waals surface area contributed by atoms with Crippen molar-refractivity contribution in [3.8, 4) is 5.75 Å². The zero-order valence-corrected chi connectivity index (χ0v) is 12.3. The normalized spacial score (nSPS) is 12.5. The minimum absolute atomic E-state index is 0.135. The van der Waals surface area contributed by atoms with E-state index in [0.29, 0.717) is 10.8 Å². The van der Waals surface area contributed by atoms with Crippen LogP contribution in [0.5, 0.6) is 5.75 Å². The minimum atomic E-state index is -3.52. The summed E-state index contributed by atoms with van der Waals surface area (Å²) in [5.41, 5.74) is 0.470. The third-order valence-electron chi connectivity index (χ3n) is 2.30. The zero-order chi connectivity index (χ0) is 14.0. The van der Waals surface area contributed by atoms with Crippen LogP contribution < -0.4 is 9.88 Å². The number of primary sulfonamides is 1. The fourth-order valence-electron chi connectivity index (χ4n) is 1.58. The summed E-state index contributed by atoms with van der Waals surface area (Å²) in [6.07, 6.45) is 0. The predicted octanol–water partition coefficient (Wildman–Crippen LogP) is 2.34. The molecule has 0 saturated carbocycles.